The lowest BCUT2D eigenvalue weighted by atomic mass is 9.87. The second-order valence-corrected chi connectivity index (χ2v) is 10.6. The molecule has 1 aromatic carbocycles. The maximum absolute atomic E-state index is 13.2. The summed E-state index contributed by atoms with van der Waals surface area (Å²) >= 11 is 3.18. The number of fused-ring (bicyclic) bond motifs is 1. The molecule has 1 atom stereocenters. The number of hydrogen-bond donors (Lipinski definition) is 1. The second-order valence-electron chi connectivity index (χ2n) is 8.74. The zero-order valence-corrected chi connectivity index (χ0v) is 20.0. The van der Waals surface area contributed by atoms with Gasteiger partial charge in [0.1, 0.15) is 18.2 Å². The number of carbonyl (C=O) groups is 2. The van der Waals surface area contributed by atoms with E-state index in [4.69, 9.17) is 5.10 Å². The standard InChI is InChI=1S/C23H25FN4O2S2/c1-23(2,3)21-19-20(14-9-10-31-12-14)32-13-18(30)28(22(19)27(4)26-21)11-17(29)25-16-7-5-15(24)6-8-16/h5-10,12,20H,11,13H2,1-4H3,(H,25,29). The molecule has 0 saturated heterocycles. The van der Waals surface area contributed by atoms with Crippen LogP contribution < -0.4 is 10.2 Å². The summed E-state index contributed by atoms with van der Waals surface area (Å²) in [7, 11) is 1.81. The van der Waals surface area contributed by atoms with E-state index in [-0.39, 0.29) is 40.6 Å². The Bertz CT molecular complexity index is 1130. The third-order valence-corrected chi connectivity index (χ3v) is 7.19. The van der Waals surface area contributed by atoms with Gasteiger partial charge in [0.05, 0.1) is 16.7 Å². The van der Waals surface area contributed by atoms with E-state index in [1.165, 1.54) is 29.2 Å². The fraction of sp³-hybridized carbons (Fsp3) is 0.348. The number of amides is 2. The largest absolute Gasteiger partial charge is 0.325 e. The topological polar surface area (TPSA) is 67.2 Å². The molecule has 1 aliphatic heterocycles. The zero-order chi connectivity index (χ0) is 23.0. The summed E-state index contributed by atoms with van der Waals surface area (Å²) in [6.45, 7) is 6.15. The number of nitrogens with zero attached hydrogens (tertiary/aromatic N) is 3. The Labute approximate surface area is 194 Å². The Hall–Kier alpha value is -2.65. The van der Waals surface area contributed by atoms with E-state index in [0.717, 1.165) is 16.8 Å². The van der Waals surface area contributed by atoms with Gasteiger partial charge in [-0.1, -0.05) is 20.8 Å². The summed E-state index contributed by atoms with van der Waals surface area (Å²) in [4.78, 5) is 27.5. The monoisotopic (exact) mass is 472 g/mol. The van der Waals surface area contributed by atoms with Gasteiger partial charge in [0.2, 0.25) is 11.8 Å². The second kappa shape index (κ2) is 8.71. The van der Waals surface area contributed by atoms with Gasteiger partial charge in [-0.25, -0.2) is 4.39 Å². The predicted octanol–water partition coefficient (Wildman–Crippen LogP) is 4.73. The van der Waals surface area contributed by atoms with E-state index >= 15 is 0 Å². The van der Waals surface area contributed by atoms with Crippen LogP contribution in [0, 0.1) is 5.82 Å². The molecule has 0 spiro atoms. The lowest BCUT2D eigenvalue weighted by Crippen LogP contribution is -2.40. The van der Waals surface area contributed by atoms with Crippen molar-refractivity contribution in [2.75, 3.05) is 22.5 Å². The maximum atomic E-state index is 13.2. The number of benzene rings is 1. The fourth-order valence-corrected chi connectivity index (χ4v) is 5.77. The summed E-state index contributed by atoms with van der Waals surface area (Å²) < 4.78 is 14.9. The third-order valence-electron chi connectivity index (χ3n) is 5.23. The molecule has 6 nitrogen and oxygen atoms in total. The van der Waals surface area contributed by atoms with E-state index in [0.29, 0.717) is 11.5 Å². The van der Waals surface area contributed by atoms with Gasteiger partial charge in [-0.3, -0.25) is 19.2 Å². The Morgan fingerprint density at radius 1 is 1.25 bits per heavy atom. The van der Waals surface area contributed by atoms with Crippen LogP contribution in [0.1, 0.15) is 42.8 Å². The minimum atomic E-state index is -0.378. The summed E-state index contributed by atoms with van der Waals surface area (Å²) in [5.74, 6) is 0.0229. The van der Waals surface area contributed by atoms with Crippen LogP contribution in [0.15, 0.2) is 41.1 Å². The number of anilines is 2. The Balaban J connectivity index is 1.74. The number of halogens is 1. The molecule has 0 bridgehead atoms. The number of hydrogen-bond acceptors (Lipinski definition) is 5. The highest BCUT2D eigenvalue weighted by Crippen LogP contribution is 2.47. The first kappa shape index (κ1) is 22.5. The molecule has 32 heavy (non-hydrogen) atoms. The molecule has 1 unspecified atom stereocenters. The molecule has 2 amide bonds. The molecule has 168 valence electrons. The number of aromatic nitrogens is 2. The van der Waals surface area contributed by atoms with Gasteiger partial charge < -0.3 is 5.32 Å². The molecule has 3 heterocycles. The molecular formula is C23H25FN4O2S2. The van der Waals surface area contributed by atoms with E-state index < -0.39 is 0 Å². The van der Waals surface area contributed by atoms with Crippen LogP contribution in [-0.4, -0.2) is 33.9 Å². The van der Waals surface area contributed by atoms with Crippen LogP contribution in [0.25, 0.3) is 0 Å². The van der Waals surface area contributed by atoms with Gasteiger partial charge in [-0.05, 0) is 46.7 Å². The smallest absolute Gasteiger partial charge is 0.244 e. The number of thiophene rings is 1. The molecule has 0 saturated carbocycles. The molecule has 4 rings (SSSR count). The maximum Gasteiger partial charge on any atom is 0.244 e. The van der Waals surface area contributed by atoms with Gasteiger partial charge in [-0.15, -0.1) is 11.8 Å². The summed E-state index contributed by atoms with van der Waals surface area (Å²) in [5, 5.41) is 11.6. The number of nitrogens with one attached hydrogen (secondary N) is 1. The van der Waals surface area contributed by atoms with Crippen LogP contribution >= 0.6 is 23.1 Å². The molecule has 0 aliphatic carbocycles. The van der Waals surface area contributed by atoms with E-state index in [2.05, 4.69) is 37.5 Å². The first-order chi connectivity index (χ1) is 15.1. The average Bonchev–Trinajstić information content (AvgIpc) is 3.34. The summed E-state index contributed by atoms with van der Waals surface area (Å²) in [5.41, 5.74) is 3.26. The van der Waals surface area contributed by atoms with Gasteiger partial charge in [-0.2, -0.15) is 16.4 Å². The van der Waals surface area contributed by atoms with E-state index in [1.54, 1.807) is 27.8 Å². The minimum absolute atomic E-state index is 0.0479. The van der Waals surface area contributed by atoms with Crippen molar-refractivity contribution in [3.63, 3.8) is 0 Å². The Morgan fingerprint density at radius 2 is 1.97 bits per heavy atom. The first-order valence-corrected chi connectivity index (χ1v) is 12.2. The van der Waals surface area contributed by atoms with Crippen LogP contribution in [0.4, 0.5) is 15.9 Å². The third kappa shape index (κ3) is 4.45. The molecule has 1 aliphatic rings. The Morgan fingerprint density at radius 3 is 2.59 bits per heavy atom. The van der Waals surface area contributed by atoms with Gasteiger partial charge in [0.15, 0.2) is 0 Å². The summed E-state index contributed by atoms with van der Waals surface area (Å²) in [6.07, 6.45) is 0. The lowest BCUT2D eigenvalue weighted by Gasteiger charge is -2.23. The van der Waals surface area contributed by atoms with Crippen molar-refractivity contribution >= 4 is 46.4 Å². The van der Waals surface area contributed by atoms with Crippen molar-refractivity contribution in [1.82, 2.24) is 9.78 Å². The fourth-order valence-electron chi connectivity index (χ4n) is 3.81. The van der Waals surface area contributed by atoms with Crippen LogP contribution in [0.3, 0.4) is 0 Å². The molecule has 3 aromatic rings. The summed E-state index contributed by atoms with van der Waals surface area (Å²) in [6, 6.07) is 7.63. The van der Waals surface area contributed by atoms with Crippen molar-refractivity contribution in [1.29, 1.82) is 0 Å². The number of rotatable bonds is 4. The van der Waals surface area contributed by atoms with Crippen molar-refractivity contribution in [3.05, 3.63) is 63.7 Å². The minimum Gasteiger partial charge on any atom is -0.325 e. The number of aryl methyl sites for hydroxylation is 1. The highest BCUT2D eigenvalue weighted by atomic mass is 32.2. The quantitative estimate of drug-likeness (QED) is 0.596. The van der Waals surface area contributed by atoms with Crippen LogP contribution in [0.5, 0.6) is 0 Å². The SMILES string of the molecule is Cn1nc(C(C)(C)C)c2c1N(CC(=O)Nc1ccc(F)cc1)C(=O)CSC2c1ccsc1. The highest BCUT2D eigenvalue weighted by Gasteiger charge is 2.39. The van der Waals surface area contributed by atoms with Crippen LogP contribution in [-0.2, 0) is 22.1 Å². The molecular weight excluding hydrogens is 447 g/mol. The normalized spacial score (nSPS) is 16.6. The van der Waals surface area contributed by atoms with E-state index in [9.17, 15) is 14.0 Å². The first-order valence-electron chi connectivity index (χ1n) is 10.2. The van der Waals surface area contributed by atoms with Crippen molar-refractivity contribution < 1.29 is 14.0 Å². The molecule has 1 N–H and O–H groups in total. The number of carbonyl (C=O) groups excluding carboxylic acids is 2. The van der Waals surface area contributed by atoms with Crippen molar-refractivity contribution in [3.8, 4) is 0 Å². The zero-order valence-electron chi connectivity index (χ0n) is 18.4. The molecule has 9 heteroatoms. The highest BCUT2D eigenvalue weighted by molar-refractivity contribution is 8.00. The average molecular weight is 473 g/mol. The van der Waals surface area contributed by atoms with Crippen molar-refractivity contribution in [2.45, 2.75) is 31.4 Å². The molecule has 2 aromatic heterocycles. The van der Waals surface area contributed by atoms with E-state index in [1.807, 2.05) is 12.4 Å². The molecule has 0 fully saturated rings. The lowest BCUT2D eigenvalue weighted by molar-refractivity contribution is -0.120. The van der Waals surface area contributed by atoms with Gasteiger partial charge >= 0.3 is 0 Å². The Kier molecular flexibility index (Phi) is 6.13. The predicted molar refractivity (Wildman–Crippen MR) is 128 cm³/mol. The van der Waals surface area contributed by atoms with Gasteiger partial charge in [0.25, 0.3) is 0 Å². The van der Waals surface area contributed by atoms with Crippen molar-refractivity contribution in [2.24, 2.45) is 7.05 Å². The van der Waals surface area contributed by atoms with Gasteiger partial charge in [0, 0.05) is 23.7 Å². The van der Waals surface area contributed by atoms with Crippen LogP contribution in [0.2, 0.25) is 0 Å². The number of thioether (sulfide) groups is 1. The molecule has 0 radical (unpaired) electrons.